The molecule has 1 saturated heterocycles. The van der Waals surface area contributed by atoms with Crippen LogP contribution in [0.5, 0.6) is 5.75 Å². The van der Waals surface area contributed by atoms with E-state index in [0.717, 1.165) is 61.5 Å². The second-order valence-electron chi connectivity index (χ2n) is 10.1. The highest BCUT2D eigenvalue weighted by molar-refractivity contribution is 9.10. The third-order valence-electron chi connectivity index (χ3n) is 7.04. The quantitative estimate of drug-likeness (QED) is 0.351. The van der Waals surface area contributed by atoms with Crippen molar-refractivity contribution in [2.45, 2.75) is 32.7 Å². The number of carbonyl (C=O) groups is 1. The molecule has 0 radical (unpaired) electrons. The number of fused-ring (bicyclic) bond motifs is 2. The molecule has 0 spiro atoms. The first-order valence-electron chi connectivity index (χ1n) is 13.0. The summed E-state index contributed by atoms with van der Waals surface area (Å²) in [5, 5.41) is 0.463. The summed E-state index contributed by atoms with van der Waals surface area (Å²) in [7, 11) is 0. The number of amides is 1. The van der Waals surface area contributed by atoms with E-state index in [9.17, 15) is 9.59 Å². The van der Waals surface area contributed by atoms with E-state index >= 15 is 0 Å². The van der Waals surface area contributed by atoms with E-state index in [1.165, 1.54) is 0 Å². The van der Waals surface area contributed by atoms with Crippen LogP contribution in [0.25, 0.3) is 11.0 Å². The minimum absolute atomic E-state index is 0.141. The normalized spacial score (nSPS) is 18.1. The molecule has 1 aromatic heterocycles. The number of ether oxygens (including phenoxy) is 2. The minimum atomic E-state index is -0.527. The lowest BCUT2D eigenvalue weighted by Gasteiger charge is -2.29. The molecule has 196 valence electrons. The van der Waals surface area contributed by atoms with Crippen LogP contribution >= 0.6 is 15.9 Å². The molecule has 1 unspecified atom stereocenters. The molecule has 0 saturated carbocycles. The summed E-state index contributed by atoms with van der Waals surface area (Å²) in [5.41, 5.74) is 1.50. The predicted octanol–water partition coefficient (Wildman–Crippen LogP) is 5.25. The van der Waals surface area contributed by atoms with Crippen molar-refractivity contribution in [2.24, 2.45) is 5.92 Å². The summed E-state index contributed by atoms with van der Waals surface area (Å²) in [6.07, 6.45) is 1.74. The zero-order chi connectivity index (χ0) is 25.9. The summed E-state index contributed by atoms with van der Waals surface area (Å²) in [5.74, 6) is 1.18. The third kappa shape index (κ3) is 5.61. The van der Waals surface area contributed by atoms with Crippen LogP contribution in [-0.2, 0) is 4.74 Å². The highest BCUT2D eigenvalue weighted by Crippen LogP contribution is 2.39. The van der Waals surface area contributed by atoms with Crippen molar-refractivity contribution in [3.05, 3.63) is 74.0 Å². The summed E-state index contributed by atoms with van der Waals surface area (Å²) < 4.78 is 18.3. The first-order valence-corrected chi connectivity index (χ1v) is 13.8. The van der Waals surface area contributed by atoms with Gasteiger partial charge in [0, 0.05) is 30.7 Å². The van der Waals surface area contributed by atoms with E-state index in [2.05, 4.69) is 34.7 Å². The van der Waals surface area contributed by atoms with Crippen LogP contribution in [0.2, 0.25) is 0 Å². The first-order chi connectivity index (χ1) is 17.9. The van der Waals surface area contributed by atoms with Gasteiger partial charge in [-0.1, -0.05) is 41.9 Å². The van der Waals surface area contributed by atoms with Crippen LogP contribution in [-0.4, -0.2) is 61.7 Å². The van der Waals surface area contributed by atoms with Gasteiger partial charge in [0.05, 0.1) is 36.8 Å². The van der Waals surface area contributed by atoms with Crippen LogP contribution in [0, 0.1) is 5.92 Å². The number of rotatable bonds is 9. The van der Waals surface area contributed by atoms with Crippen molar-refractivity contribution in [3.8, 4) is 5.75 Å². The molecule has 0 bridgehead atoms. The Balaban J connectivity index is 1.50. The molecule has 0 N–H and O–H groups in total. The fourth-order valence-corrected chi connectivity index (χ4v) is 5.41. The number of hydrogen-bond acceptors (Lipinski definition) is 6. The van der Waals surface area contributed by atoms with E-state index in [1.807, 2.05) is 30.3 Å². The molecular formula is C29H33BrN2O5. The Morgan fingerprint density at radius 1 is 1.08 bits per heavy atom. The van der Waals surface area contributed by atoms with Crippen LogP contribution < -0.4 is 10.2 Å². The molecule has 8 heteroatoms. The molecule has 3 heterocycles. The van der Waals surface area contributed by atoms with Gasteiger partial charge in [-0.15, -0.1) is 0 Å². The molecule has 3 aromatic rings. The van der Waals surface area contributed by atoms with Gasteiger partial charge in [0.25, 0.3) is 5.91 Å². The van der Waals surface area contributed by atoms with Gasteiger partial charge in [0.15, 0.2) is 5.43 Å². The van der Waals surface area contributed by atoms with Gasteiger partial charge in [-0.25, -0.2) is 0 Å². The zero-order valence-corrected chi connectivity index (χ0v) is 23.0. The Morgan fingerprint density at radius 2 is 1.89 bits per heavy atom. The van der Waals surface area contributed by atoms with Gasteiger partial charge in [0.2, 0.25) is 5.76 Å². The summed E-state index contributed by atoms with van der Waals surface area (Å²) in [6.45, 7) is 9.59. The number of nitrogens with zero attached hydrogens (tertiary/aromatic N) is 2. The monoisotopic (exact) mass is 568 g/mol. The van der Waals surface area contributed by atoms with Crippen molar-refractivity contribution >= 4 is 32.8 Å². The van der Waals surface area contributed by atoms with Gasteiger partial charge in [-0.05, 0) is 54.7 Å². The molecular weight excluding hydrogens is 536 g/mol. The Labute approximate surface area is 225 Å². The first kappa shape index (κ1) is 25.9. The highest BCUT2D eigenvalue weighted by Gasteiger charge is 2.42. The number of hydrogen-bond donors (Lipinski definition) is 0. The number of morpholine rings is 1. The van der Waals surface area contributed by atoms with Gasteiger partial charge < -0.3 is 18.8 Å². The molecule has 2 aromatic carbocycles. The lowest BCUT2D eigenvalue weighted by Crippen LogP contribution is -2.38. The summed E-state index contributed by atoms with van der Waals surface area (Å²) >= 11 is 3.46. The van der Waals surface area contributed by atoms with E-state index in [-0.39, 0.29) is 17.1 Å². The largest absolute Gasteiger partial charge is 0.494 e. The van der Waals surface area contributed by atoms with Crippen molar-refractivity contribution in [2.75, 3.05) is 46.0 Å². The lowest BCUT2D eigenvalue weighted by atomic mass is 9.98. The van der Waals surface area contributed by atoms with Crippen molar-refractivity contribution in [3.63, 3.8) is 0 Å². The van der Waals surface area contributed by atoms with Crippen LogP contribution in [0.3, 0.4) is 0 Å². The summed E-state index contributed by atoms with van der Waals surface area (Å²) in [6, 6.07) is 12.5. The maximum atomic E-state index is 13.8. The minimum Gasteiger partial charge on any atom is -0.494 e. The molecule has 1 amide bonds. The van der Waals surface area contributed by atoms with Crippen LogP contribution in [0.15, 0.2) is 56.1 Å². The smallest absolute Gasteiger partial charge is 0.290 e. The maximum Gasteiger partial charge on any atom is 0.290 e. The highest BCUT2D eigenvalue weighted by atomic mass is 79.9. The second kappa shape index (κ2) is 11.4. The molecule has 1 fully saturated rings. The molecule has 1 atom stereocenters. The second-order valence-corrected chi connectivity index (χ2v) is 11.0. The average molecular weight is 569 g/mol. The third-order valence-corrected chi connectivity index (χ3v) is 7.54. The van der Waals surface area contributed by atoms with Crippen LogP contribution in [0.1, 0.15) is 54.4 Å². The predicted molar refractivity (Wildman–Crippen MR) is 146 cm³/mol. The van der Waals surface area contributed by atoms with E-state index in [0.29, 0.717) is 35.6 Å². The molecule has 7 nitrogen and oxygen atoms in total. The topological polar surface area (TPSA) is 72.2 Å². The molecule has 2 aliphatic rings. The van der Waals surface area contributed by atoms with E-state index in [1.54, 1.807) is 17.0 Å². The summed E-state index contributed by atoms with van der Waals surface area (Å²) in [4.78, 5) is 31.6. The Hall–Kier alpha value is -2.68. The van der Waals surface area contributed by atoms with Crippen molar-refractivity contribution in [1.82, 2.24) is 9.80 Å². The van der Waals surface area contributed by atoms with Gasteiger partial charge in [-0.2, -0.15) is 0 Å². The Morgan fingerprint density at radius 3 is 2.68 bits per heavy atom. The molecule has 37 heavy (non-hydrogen) atoms. The standard InChI is InChI=1S/C29H33BrN2O5/c1-19(2)9-14-36-22-6-3-5-20(17-22)26-25-27(33)23-18-21(30)7-8-24(23)37-28(25)29(34)32(26)11-4-10-31-12-15-35-16-13-31/h3,5-8,17-19,26H,4,9-16H2,1-2H3. The van der Waals surface area contributed by atoms with Gasteiger partial charge >= 0.3 is 0 Å². The SMILES string of the molecule is CC(C)CCOc1cccc(C2c3c(oc4ccc(Br)cc4c3=O)C(=O)N2CCCN2CCOCC2)c1. The molecule has 0 aliphatic carbocycles. The Kier molecular flexibility index (Phi) is 7.98. The molecule has 2 aliphatic heterocycles. The van der Waals surface area contributed by atoms with Crippen LogP contribution in [0.4, 0.5) is 0 Å². The van der Waals surface area contributed by atoms with Crippen molar-refractivity contribution in [1.29, 1.82) is 0 Å². The van der Waals surface area contributed by atoms with Gasteiger partial charge in [-0.3, -0.25) is 14.5 Å². The number of benzene rings is 2. The fourth-order valence-electron chi connectivity index (χ4n) is 5.05. The fraction of sp³-hybridized carbons (Fsp3) is 0.448. The maximum absolute atomic E-state index is 13.8. The van der Waals surface area contributed by atoms with E-state index in [4.69, 9.17) is 13.9 Å². The van der Waals surface area contributed by atoms with Gasteiger partial charge in [0.1, 0.15) is 11.3 Å². The zero-order valence-electron chi connectivity index (χ0n) is 21.4. The lowest BCUT2D eigenvalue weighted by molar-refractivity contribution is 0.0353. The number of carbonyl (C=O) groups excluding carboxylic acids is 1. The average Bonchev–Trinajstić information content (AvgIpc) is 3.17. The Bertz CT molecular complexity index is 1330. The molecule has 5 rings (SSSR count). The van der Waals surface area contributed by atoms with Crippen molar-refractivity contribution < 1.29 is 18.7 Å². The van der Waals surface area contributed by atoms with E-state index < -0.39 is 6.04 Å². The number of halogens is 1.